The molecule has 1 aromatic heterocycles. The molecule has 1 heteroatoms. The highest BCUT2D eigenvalue weighted by molar-refractivity contribution is 6.05. The van der Waals surface area contributed by atoms with Crippen LogP contribution in [0.4, 0.5) is 0 Å². The molecule has 0 aliphatic heterocycles. The van der Waals surface area contributed by atoms with Crippen molar-refractivity contribution in [1.29, 1.82) is 0 Å². The van der Waals surface area contributed by atoms with Gasteiger partial charge in [-0.2, -0.15) is 0 Å². The summed E-state index contributed by atoms with van der Waals surface area (Å²) in [5.74, 6) is 0. The monoisotopic (exact) mass is 455 g/mol. The first-order chi connectivity index (χ1) is 17.9. The number of nitrogens with zero attached hydrogens (tertiary/aromatic N) is 1. The average Bonchev–Trinajstić information content (AvgIpc) is 3.55. The summed E-state index contributed by atoms with van der Waals surface area (Å²) in [7, 11) is 0. The van der Waals surface area contributed by atoms with Gasteiger partial charge in [-0.25, -0.2) is 0 Å². The van der Waals surface area contributed by atoms with Crippen LogP contribution in [0.15, 0.2) is 115 Å². The van der Waals surface area contributed by atoms with Crippen LogP contribution in [0.2, 0.25) is 0 Å². The molecular weight excluding hydrogens is 434 g/mol. The summed E-state index contributed by atoms with van der Waals surface area (Å²) in [4.78, 5) is 5.01. The highest BCUT2D eigenvalue weighted by Crippen LogP contribution is 2.64. The molecule has 6 aromatic rings. The number of hydrogen-bond acceptors (Lipinski definition) is 1. The number of para-hydroxylation sites is 1. The maximum absolute atomic E-state index is 5.01. The summed E-state index contributed by atoms with van der Waals surface area (Å²) in [5.41, 5.74) is 17.1. The van der Waals surface area contributed by atoms with Crippen molar-refractivity contribution in [3.05, 3.63) is 149 Å². The molecule has 0 amide bonds. The van der Waals surface area contributed by atoms with Crippen molar-refractivity contribution in [2.45, 2.75) is 11.8 Å². The van der Waals surface area contributed by atoms with Gasteiger partial charge in [0, 0.05) is 11.6 Å². The van der Waals surface area contributed by atoms with E-state index >= 15 is 0 Å². The molecule has 3 aliphatic carbocycles. The Hall–Kier alpha value is -4.49. The molecule has 0 saturated heterocycles. The van der Waals surface area contributed by atoms with Crippen molar-refractivity contribution in [2.24, 2.45) is 0 Å². The van der Waals surface area contributed by atoms with Gasteiger partial charge in [0.2, 0.25) is 0 Å². The zero-order valence-electron chi connectivity index (χ0n) is 19.6. The quantitative estimate of drug-likeness (QED) is 0.225. The molecule has 166 valence electrons. The number of rotatable bonds is 0. The van der Waals surface area contributed by atoms with Gasteiger partial charge in [-0.15, -0.1) is 0 Å². The Bertz CT molecular complexity index is 1930. The molecule has 0 radical (unpaired) electrons. The van der Waals surface area contributed by atoms with Crippen LogP contribution in [0.25, 0.3) is 44.3 Å². The van der Waals surface area contributed by atoms with E-state index in [-0.39, 0.29) is 5.41 Å². The lowest BCUT2D eigenvalue weighted by Gasteiger charge is -2.30. The van der Waals surface area contributed by atoms with Crippen molar-refractivity contribution in [3.8, 4) is 33.4 Å². The van der Waals surface area contributed by atoms with Crippen LogP contribution in [0.5, 0.6) is 0 Å². The number of aromatic nitrogens is 1. The Morgan fingerprint density at radius 1 is 0.500 bits per heavy atom. The predicted molar refractivity (Wildman–Crippen MR) is 146 cm³/mol. The second-order valence-corrected chi connectivity index (χ2v) is 10.3. The minimum absolute atomic E-state index is 0.360. The van der Waals surface area contributed by atoms with Crippen molar-refractivity contribution in [3.63, 3.8) is 0 Å². The van der Waals surface area contributed by atoms with E-state index in [0.717, 1.165) is 11.9 Å². The first-order valence-electron chi connectivity index (χ1n) is 12.7. The fourth-order valence-electron chi connectivity index (χ4n) is 7.38. The van der Waals surface area contributed by atoms with Gasteiger partial charge in [-0.1, -0.05) is 91.0 Å². The number of fused-ring (bicyclic) bond motifs is 15. The third kappa shape index (κ3) is 2.04. The molecule has 0 N–H and O–H groups in total. The Kier molecular flexibility index (Phi) is 3.33. The molecule has 1 nitrogen and oxygen atoms in total. The molecule has 3 aliphatic rings. The van der Waals surface area contributed by atoms with Crippen molar-refractivity contribution >= 4 is 10.9 Å². The summed E-state index contributed by atoms with van der Waals surface area (Å²) in [6.07, 6.45) is 3.16. The summed E-state index contributed by atoms with van der Waals surface area (Å²) >= 11 is 0. The zero-order chi connectivity index (χ0) is 23.4. The normalized spacial score (nSPS) is 17.4. The van der Waals surface area contributed by atoms with Gasteiger partial charge in [0.25, 0.3) is 0 Å². The van der Waals surface area contributed by atoms with Crippen molar-refractivity contribution in [2.75, 3.05) is 0 Å². The highest BCUT2D eigenvalue weighted by Gasteiger charge is 2.52. The molecule has 0 saturated carbocycles. The molecule has 36 heavy (non-hydrogen) atoms. The van der Waals surface area contributed by atoms with Crippen molar-refractivity contribution < 1.29 is 0 Å². The van der Waals surface area contributed by atoms with E-state index in [1.54, 1.807) is 0 Å². The second kappa shape index (κ2) is 6.38. The first kappa shape index (κ1) is 18.8. The fourth-order valence-corrected chi connectivity index (χ4v) is 7.38. The highest BCUT2D eigenvalue weighted by atomic mass is 14.7. The lowest BCUT2D eigenvalue weighted by Crippen LogP contribution is -2.26. The Morgan fingerprint density at radius 3 is 2.08 bits per heavy atom. The van der Waals surface area contributed by atoms with E-state index < -0.39 is 0 Å². The Balaban J connectivity index is 1.48. The fraction of sp³-hybridized carbons (Fsp3) is 0.0571. The maximum Gasteiger partial charge on any atom is 0.0741 e. The van der Waals surface area contributed by atoms with E-state index in [9.17, 15) is 0 Å². The van der Waals surface area contributed by atoms with Gasteiger partial charge in [-0.05, 0) is 91.4 Å². The van der Waals surface area contributed by atoms with Crippen LogP contribution in [0.1, 0.15) is 33.4 Å². The minimum Gasteiger partial charge on any atom is -0.256 e. The third-order valence-electron chi connectivity index (χ3n) is 8.74. The van der Waals surface area contributed by atoms with Gasteiger partial charge >= 0.3 is 0 Å². The van der Waals surface area contributed by atoms with E-state index in [1.165, 1.54) is 72.1 Å². The van der Waals surface area contributed by atoms with Crippen LogP contribution in [-0.2, 0) is 11.8 Å². The Morgan fingerprint density at radius 2 is 1.19 bits per heavy atom. The summed E-state index contributed by atoms with van der Waals surface area (Å²) in [6.45, 7) is 0. The lowest BCUT2D eigenvalue weighted by atomic mass is 9.70. The molecule has 0 bridgehead atoms. The summed E-state index contributed by atoms with van der Waals surface area (Å²) in [6, 6.07) is 40.5. The van der Waals surface area contributed by atoms with Crippen LogP contribution >= 0.6 is 0 Å². The van der Waals surface area contributed by atoms with E-state index in [4.69, 9.17) is 4.98 Å². The molecule has 1 spiro atoms. The van der Waals surface area contributed by atoms with Crippen LogP contribution in [0.3, 0.4) is 0 Å². The Labute approximate surface area is 209 Å². The number of hydrogen-bond donors (Lipinski definition) is 0. The smallest absolute Gasteiger partial charge is 0.0741 e. The number of pyridine rings is 1. The van der Waals surface area contributed by atoms with Crippen LogP contribution in [-0.4, -0.2) is 4.98 Å². The van der Waals surface area contributed by atoms with Gasteiger partial charge in [0.15, 0.2) is 0 Å². The minimum atomic E-state index is -0.360. The average molecular weight is 456 g/mol. The molecule has 1 atom stereocenters. The van der Waals surface area contributed by atoms with Crippen LogP contribution in [0, 0.1) is 0 Å². The molecular formula is C35H21N. The second-order valence-electron chi connectivity index (χ2n) is 10.3. The molecule has 9 rings (SSSR count). The topological polar surface area (TPSA) is 12.9 Å². The maximum atomic E-state index is 5.01. The van der Waals surface area contributed by atoms with Crippen LogP contribution < -0.4 is 0 Å². The predicted octanol–water partition coefficient (Wildman–Crippen LogP) is 8.15. The largest absolute Gasteiger partial charge is 0.256 e. The zero-order valence-corrected chi connectivity index (χ0v) is 19.6. The standard InChI is InChI=1S/C35H21N/c1-2-10-23-21(9-1)17-22-18-28-24-11-3-6-14-29(24)35(31(28)19-27(22)23)30-15-7-4-12-25(30)34-26-13-5-8-16-33(26)36-20-32(34)35/h1-16,18-20H,17H2. The third-order valence-corrected chi connectivity index (χ3v) is 8.74. The van der Waals surface area contributed by atoms with E-state index in [2.05, 4.69) is 115 Å². The summed E-state index contributed by atoms with van der Waals surface area (Å²) < 4.78 is 0. The van der Waals surface area contributed by atoms with E-state index in [0.29, 0.717) is 0 Å². The van der Waals surface area contributed by atoms with Crippen molar-refractivity contribution in [1.82, 2.24) is 4.98 Å². The van der Waals surface area contributed by atoms with Gasteiger partial charge < -0.3 is 0 Å². The SMILES string of the molecule is c1ccc2c(c1)Cc1cc3c(cc1-2)C1(c2ccccc2-3)c2ccccc2-c2c1cnc1ccccc21. The molecule has 5 aromatic carbocycles. The van der Waals surface area contributed by atoms with Gasteiger partial charge in [0.05, 0.1) is 10.9 Å². The molecule has 1 heterocycles. The first-order valence-corrected chi connectivity index (χ1v) is 12.7. The van der Waals surface area contributed by atoms with Gasteiger partial charge in [-0.3, -0.25) is 4.98 Å². The lowest BCUT2D eigenvalue weighted by molar-refractivity contribution is 0.790. The van der Waals surface area contributed by atoms with E-state index in [1.807, 2.05) is 0 Å². The summed E-state index contributed by atoms with van der Waals surface area (Å²) in [5, 5.41) is 1.23. The van der Waals surface area contributed by atoms with Gasteiger partial charge in [0.1, 0.15) is 0 Å². The molecule has 1 unspecified atom stereocenters. The molecule has 0 fully saturated rings. The number of benzene rings is 5.